The number of nitrogens with zero attached hydrogens (tertiary/aromatic N) is 2. The number of amidine groups is 1. The van der Waals surface area contributed by atoms with Crippen LogP contribution in [0.1, 0.15) is 40.9 Å². The van der Waals surface area contributed by atoms with Gasteiger partial charge in [0.1, 0.15) is 18.2 Å². The van der Waals surface area contributed by atoms with Crippen LogP contribution in [0.25, 0.3) is 0 Å². The molecule has 1 aliphatic heterocycles. The number of aromatic nitrogens is 2. The third-order valence-corrected chi connectivity index (χ3v) is 5.80. The minimum atomic E-state index is -0.413. The zero-order valence-corrected chi connectivity index (χ0v) is 18.4. The molecule has 32 heavy (non-hydrogen) atoms. The highest BCUT2D eigenvalue weighted by Gasteiger charge is 2.32. The first kappa shape index (κ1) is 21.4. The van der Waals surface area contributed by atoms with Crippen LogP contribution in [0.2, 0.25) is 0 Å². The molecule has 0 aliphatic carbocycles. The second kappa shape index (κ2) is 8.74. The van der Waals surface area contributed by atoms with Gasteiger partial charge in [-0.3, -0.25) is 15.4 Å². The van der Waals surface area contributed by atoms with Crippen LogP contribution in [0.4, 0.5) is 10.5 Å². The number of nitrogens with one attached hydrogen (secondary N) is 2. The van der Waals surface area contributed by atoms with Crippen molar-refractivity contribution in [3.05, 3.63) is 76.6 Å². The van der Waals surface area contributed by atoms with Crippen LogP contribution >= 0.6 is 0 Å². The van der Waals surface area contributed by atoms with Gasteiger partial charge in [0.15, 0.2) is 6.10 Å². The normalized spacial score (nSPS) is 16.7. The largest absolute Gasteiger partial charge is 0.490 e. The molecule has 1 saturated heterocycles. The summed E-state index contributed by atoms with van der Waals surface area (Å²) in [5.41, 5.74) is 11.3. The average Bonchev–Trinajstić information content (AvgIpc) is 3.33. The first-order chi connectivity index (χ1) is 15.3. The van der Waals surface area contributed by atoms with Crippen molar-refractivity contribution in [1.82, 2.24) is 10.2 Å². The molecule has 1 aromatic heterocycles. The number of H-pyrrole nitrogens is 1. The number of hydrogen-bond donors (Lipinski definition) is 3. The highest BCUT2D eigenvalue weighted by atomic mass is 16.6. The first-order valence-electron chi connectivity index (χ1n) is 10.5. The van der Waals surface area contributed by atoms with Gasteiger partial charge in [-0.15, -0.1) is 0 Å². The lowest BCUT2D eigenvalue weighted by molar-refractivity contribution is 0.105. The zero-order chi connectivity index (χ0) is 22.8. The quantitative estimate of drug-likeness (QED) is 0.386. The summed E-state index contributed by atoms with van der Waals surface area (Å²) in [5, 5.41) is 14.8. The number of rotatable bonds is 7. The summed E-state index contributed by atoms with van der Waals surface area (Å²) >= 11 is 0. The standard InChI is InChI=1S/C24H27N5O3/c1-14(22-15(2)27-28-16(22)3)17-6-10-20(11-7-17)31-13-21-12-29(24(30)32-21)19-8-4-18(5-9-19)23(25)26/h4-11,14,21H,12-13H2,1-3H3,(H3,25,26)(H,27,28). The summed E-state index contributed by atoms with van der Waals surface area (Å²) in [6.07, 6.45) is -0.783. The highest BCUT2D eigenvalue weighted by molar-refractivity contribution is 5.96. The van der Waals surface area contributed by atoms with Gasteiger partial charge in [-0.2, -0.15) is 5.10 Å². The molecule has 166 valence electrons. The number of hydrogen-bond acceptors (Lipinski definition) is 5. The molecule has 2 aromatic carbocycles. The Labute approximate surface area is 186 Å². The van der Waals surface area contributed by atoms with E-state index < -0.39 is 6.09 Å². The number of ether oxygens (including phenoxy) is 2. The van der Waals surface area contributed by atoms with Crippen LogP contribution in [-0.2, 0) is 4.74 Å². The van der Waals surface area contributed by atoms with Crippen LogP contribution in [0, 0.1) is 19.3 Å². The van der Waals surface area contributed by atoms with Crippen molar-refractivity contribution >= 4 is 17.6 Å². The fourth-order valence-corrected chi connectivity index (χ4v) is 4.05. The van der Waals surface area contributed by atoms with E-state index in [1.54, 1.807) is 29.2 Å². The molecule has 2 atom stereocenters. The summed E-state index contributed by atoms with van der Waals surface area (Å²) in [5.74, 6) is 0.936. The number of anilines is 1. The van der Waals surface area contributed by atoms with E-state index in [2.05, 4.69) is 29.3 Å². The van der Waals surface area contributed by atoms with E-state index in [0.29, 0.717) is 17.8 Å². The number of cyclic esters (lactones) is 1. The first-order valence-corrected chi connectivity index (χ1v) is 10.5. The maximum absolute atomic E-state index is 12.3. The number of nitrogen functional groups attached to an aromatic ring is 1. The minimum absolute atomic E-state index is 0.0118. The fraction of sp³-hybridized carbons (Fsp3) is 0.292. The predicted molar refractivity (Wildman–Crippen MR) is 123 cm³/mol. The minimum Gasteiger partial charge on any atom is -0.490 e. The van der Waals surface area contributed by atoms with Crippen LogP contribution in [0.3, 0.4) is 0 Å². The SMILES string of the molecule is Cc1n[nH]c(C)c1C(C)c1ccc(OCC2CN(c3ccc(C(=N)N)cc3)C(=O)O2)cc1. The molecule has 0 spiro atoms. The molecule has 0 saturated carbocycles. The molecular weight excluding hydrogens is 406 g/mol. The van der Waals surface area contributed by atoms with Gasteiger partial charge in [-0.1, -0.05) is 19.1 Å². The lowest BCUT2D eigenvalue weighted by Crippen LogP contribution is -2.26. The summed E-state index contributed by atoms with van der Waals surface area (Å²) in [6, 6.07) is 14.9. The van der Waals surface area contributed by atoms with Gasteiger partial charge < -0.3 is 15.2 Å². The number of benzene rings is 2. The van der Waals surface area contributed by atoms with Crippen molar-refractivity contribution in [2.75, 3.05) is 18.1 Å². The van der Waals surface area contributed by atoms with Crippen molar-refractivity contribution in [1.29, 1.82) is 5.41 Å². The number of aryl methyl sites for hydroxylation is 2. The van der Waals surface area contributed by atoms with E-state index in [9.17, 15) is 4.79 Å². The summed E-state index contributed by atoms with van der Waals surface area (Å²) in [6.45, 7) is 6.87. The Bertz CT molecular complexity index is 1100. The molecule has 2 heterocycles. The summed E-state index contributed by atoms with van der Waals surface area (Å²) in [7, 11) is 0. The molecule has 1 amide bonds. The van der Waals surface area contributed by atoms with Gasteiger partial charge in [0.25, 0.3) is 0 Å². The molecule has 4 rings (SSSR count). The van der Waals surface area contributed by atoms with Gasteiger partial charge in [0, 0.05) is 28.4 Å². The molecule has 1 fully saturated rings. The van der Waals surface area contributed by atoms with Gasteiger partial charge in [-0.05, 0) is 55.8 Å². The Balaban J connectivity index is 1.35. The Morgan fingerprint density at radius 3 is 2.53 bits per heavy atom. The van der Waals surface area contributed by atoms with E-state index in [-0.39, 0.29) is 24.5 Å². The molecule has 3 aromatic rings. The molecule has 8 heteroatoms. The van der Waals surface area contributed by atoms with Gasteiger partial charge in [0.2, 0.25) is 0 Å². The lowest BCUT2D eigenvalue weighted by Gasteiger charge is -2.15. The van der Waals surface area contributed by atoms with E-state index in [1.807, 2.05) is 26.0 Å². The van der Waals surface area contributed by atoms with Crippen molar-refractivity contribution in [3.63, 3.8) is 0 Å². The second-order valence-corrected chi connectivity index (χ2v) is 8.03. The molecule has 8 nitrogen and oxygen atoms in total. The monoisotopic (exact) mass is 433 g/mol. The van der Waals surface area contributed by atoms with E-state index in [4.69, 9.17) is 20.6 Å². The summed E-state index contributed by atoms with van der Waals surface area (Å²) in [4.78, 5) is 13.8. The molecule has 1 aliphatic rings. The van der Waals surface area contributed by atoms with Gasteiger partial charge in [0.05, 0.1) is 12.2 Å². The maximum Gasteiger partial charge on any atom is 0.414 e. The zero-order valence-electron chi connectivity index (χ0n) is 18.4. The topological polar surface area (TPSA) is 117 Å². The molecule has 4 N–H and O–H groups in total. The van der Waals surface area contributed by atoms with Crippen molar-refractivity contribution in [3.8, 4) is 5.75 Å². The Morgan fingerprint density at radius 2 is 1.94 bits per heavy atom. The smallest absolute Gasteiger partial charge is 0.414 e. The lowest BCUT2D eigenvalue weighted by atomic mass is 9.92. The molecule has 0 radical (unpaired) electrons. The van der Waals surface area contributed by atoms with Crippen molar-refractivity contribution in [2.45, 2.75) is 32.8 Å². The van der Waals surface area contributed by atoms with Crippen molar-refractivity contribution < 1.29 is 14.3 Å². The number of carbonyl (C=O) groups excluding carboxylic acids is 1. The summed E-state index contributed by atoms with van der Waals surface area (Å²) < 4.78 is 11.3. The van der Waals surface area contributed by atoms with Crippen LogP contribution in [-0.4, -0.2) is 41.4 Å². The van der Waals surface area contributed by atoms with E-state index in [0.717, 1.165) is 17.1 Å². The molecule has 0 bridgehead atoms. The van der Waals surface area contributed by atoms with Crippen molar-refractivity contribution in [2.24, 2.45) is 5.73 Å². The van der Waals surface area contributed by atoms with E-state index in [1.165, 1.54) is 11.1 Å². The number of aromatic amines is 1. The predicted octanol–water partition coefficient (Wildman–Crippen LogP) is 3.87. The second-order valence-electron chi connectivity index (χ2n) is 8.03. The van der Waals surface area contributed by atoms with Crippen LogP contribution in [0.15, 0.2) is 48.5 Å². The number of amides is 1. The Morgan fingerprint density at radius 1 is 1.25 bits per heavy atom. The number of carbonyl (C=O) groups is 1. The number of nitrogens with two attached hydrogens (primary N) is 1. The Kier molecular flexibility index (Phi) is 5.85. The Hall–Kier alpha value is -3.81. The third kappa shape index (κ3) is 4.30. The highest BCUT2D eigenvalue weighted by Crippen LogP contribution is 2.29. The van der Waals surface area contributed by atoms with Gasteiger partial charge >= 0.3 is 6.09 Å². The maximum atomic E-state index is 12.3. The molecular formula is C24H27N5O3. The average molecular weight is 434 g/mol. The van der Waals surface area contributed by atoms with Crippen LogP contribution in [0.5, 0.6) is 5.75 Å². The van der Waals surface area contributed by atoms with Crippen LogP contribution < -0.4 is 15.4 Å². The van der Waals surface area contributed by atoms with E-state index >= 15 is 0 Å². The molecule has 2 unspecified atom stereocenters. The fourth-order valence-electron chi connectivity index (χ4n) is 4.05. The third-order valence-electron chi connectivity index (χ3n) is 5.80. The van der Waals surface area contributed by atoms with Gasteiger partial charge in [-0.25, -0.2) is 4.79 Å².